The van der Waals surface area contributed by atoms with Gasteiger partial charge in [0.1, 0.15) is 17.1 Å². The van der Waals surface area contributed by atoms with Gasteiger partial charge in [0.15, 0.2) is 0 Å². The first-order valence-electron chi connectivity index (χ1n) is 8.90. The molecule has 4 amide bonds. The lowest BCUT2D eigenvalue weighted by molar-refractivity contribution is -0.122. The van der Waals surface area contributed by atoms with Crippen LogP contribution in [0.1, 0.15) is 19.4 Å². The van der Waals surface area contributed by atoms with Gasteiger partial charge in [0.25, 0.3) is 11.8 Å². The van der Waals surface area contributed by atoms with Crippen LogP contribution in [0.25, 0.3) is 6.08 Å². The summed E-state index contributed by atoms with van der Waals surface area (Å²) < 4.78 is 10.7. The van der Waals surface area contributed by atoms with Gasteiger partial charge in [-0.15, -0.1) is 0 Å². The highest BCUT2D eigenvalue weighted by molar-refractivity contribution is 6.39. The van der Waals surface area contributed by atoms with Gasteiger partial charge in [-0.2, -0.15) is 0 Å². The van der Waals surface area contributed by atoms with Crippen LogP contribution in [0.4, 0.5) is 10.5 Å². The third-order valence-corrected chi connectivity index (χ3v) is 4.01. The monoisotopic (exact) mass is 380 g/mol. The van der Waals surface area contributed by atoms with Gasteiger partial charge in [0.2, 0.25) is 0 Å². The summed E-state index contributed by atoms with van der Waals surface area (Å²) in [5.74, 6) is -0.106. The molecule has 1 heterocycles. The zero-order valence-electron chi connectivity index (χ0n) is 15.6. The van der Waals surface area contributed by atoms with E-state index >= 15 is 0 Å². The first-order chi connectivity index (χ1) is 13.5. The molecule has 144 valence electrons. The van der Waals surface area contributed by atoms with Crippen LogP contribution in [0.5, 0.6) is 11.5 Å². The van der Waals surface area contributed by atoms with E-state index in [1.807, 2.05) is 13.8 Å². The van der Waals surface area contributed by atoms with E-state index in [9.17, 15) is 14.4 Å². The van der Waals surface area contributed by atoms with Crippen molar-refractivity contribution in [1.29, 1.82) is 0 Å². The fourth-order valence-electron chi connectivity index (χ4n) is 2.74. The van der Waals surface area contributed by atoms with Crippen LogP contribution < -0.4 is 19.7 Å². The van der Waals surface area contributed by atoms with Crippen molar-refractivity contribution in [2.45, 2.75) is 13.8 Å². The molecule has 3 rings (SSSR count). The van der Waals surface area contributed by atoms with Crippen LogP contribution in [0.15, 0.2) is 54.1 Å². The maximum atomic E-state index is 12.9. The van der Waals surface area contributed by atoms with E-state index in [2.05, 4.69) is 5.32 Å². The zero-order valence-corrected chi connectivity index (χ0v) is 15.6. The van der Waals surface area contributed by atoms with Gasteiger partial charge in [-0.3, -0.25) is 14.9 Å². The fourth-order valence-corrected chi connectivity index (χ4v) is 2.74. The number of hydrogen-bond donors (Lipinski definition) is 1. The van der Waals surface area contributed by atoms with Crippen molar-refractivity contribution in [1.82, 2.24) is 5.32 Å². The number of amides is 4. The maximum absolute atomic E-state index is 12.9. The molecule has 1 aliphatic heterocycles. The minimum atomic E-state index is -0.789. The van der Waals surface area contributed by atoms with Crippen LogP contribution >= 0.6 is 0 Å². The predicted octanol–water partition coefficient (Wildman–Crippen LogP) is 3.15. The molecule has 7 heteroatoms. The number of carbonyl (C=O) groups excluding carboxylic acids is 3. The predicted molar refractivity (Wildman–Crippen MR) is 104 cm³/mol. The first-order valence-corrected chi connectivity index (χ1v) is 8.90. The van der Waals surface area contributed by atoms with Crippen LogP contribution in [-0.2, 0) is 9.59 Å². The highest BCUT2D eigenvalue weighted by Crippen LogP contribution is 2.24. The summed E-state index contributed by atoms with van der Waals surface area (Å²) in [7, 11) is 0. The van der Waals surface area contributed by atoms with Crippen molar-refractivity contribution in [3.63, 3.8) is 0 Å². The molecule has 0 radical (unpaired) electrons. The largest absolute Gasteiger partial charge is 0.494 e. The normalized spacial score (nSPS) is 15.6. The van der Waals surface area contributed by atoms with E-state index in [-0.39, 0.29) is 5.57 Å². The second-order valence-electron chi connectivity index (χ2n) is 5.89. The van der Waals surface area contributed by atoms with E-state index in [1.165, 1.54) is 6.08 Å². The molecule has 0 aliphatic carbocycles. The van der Waals surface area contributed by atoms with Crippen LogP contribution in [0.3, 0.4) is 0 Å². The number of benzene rings is 2. The molecule has 0 unspecified atom stereocenters. The molecule has 1 fully saturated rings. The number of nitrogens with zero attached hydrogens (tertiary/aromatic N) is 1. The number of anilines is 1. The summed E-state index contributed by atoms with van der Waals surface area (Å²) in [6.07, 6.45) is 1.45. The zero-order chi connectivity index (χ0) is 20.1. The lowest BCUT2D eigenvalue weighted by Crippen LogP contribution is -2.54. The standard InChI is InChI=1S/C21H20N2O5/c1-3-27-16-9-5-14(6-10-16)13-18-19(24)22-21(26)23(20(18)25)15-7-11-17(12-8-15)28-4-2/h5-13H,3-4H2,1-2H3,(H,22,24,26). The van der Waals surface area contributed by atoms with Gasteiger partial charge in [0.05, 0.1) is 18.9 Å². The third-order valence-electron chi connectivity index (χ3n) is 4.01. The molecule has 2 aromatic carbocycles. The highest BCUT2D eigenvalue weighted by atomic mass is 16.5. The molecule has 0 spiro atoms. The van der Waals surface area contributed by atoms with Gasteiger partial charge in [0, 0.05) is 0 Å². The van der Waals surface area contributed by atoms with E-state index in [4.69, 9.17) is 9.47 Å². The molecule has 1 N–H and O–H groups in total. The quantitative estimate of drug-likeness (QED) is 0.615. The summed E-state index contributed by atoms with van der Waals surface area (Å²) in [5, 5.41) is 2.20. The summed E-state index contributed by atoms with van der Waals surface area (Å²) in [5.41, 5.74) is 0.858. The third kappa shape index (κ3) is 4.03. The summed E-state index contributed by atoms with van der Waals surface area (Å²) in [6.45, 7) is 4.79. The van der Waals surface area contributed by atoms with Gasteiger partial charge in [-0.1, -0.05) is 12.1 Å². The molecule has 7 nitrogen and oxygen atoms in total. The Bertz CT molecular complexity index is 917. The molecule has 1 saturated heterocycles. The van der Waals surface area contributed by atoms with Crippen molar-refractivity contribution in [3.05, 3.63) is 59.7 Å². The number of ether oxygens (including phenoxy) is 2. The van der Waals surface area contributed by atoms with E-state index in [0.717, 1.165) is 4.90 Å². The van der Waals surface area contributed by atoms with Crippen molar-refractivity contribution in [3.8, 4) is 11.5 Å². The SMILES string of the molecule is CCOc1ccc(C=C2C(=O)NC(=O)N(c3ccc(OCC)cc3)C2=O)cc1. The molecule has 0 saturated carbocycles. The lowest BCUT2D eigenvalue weighted by atomic mass is 10.1. The highest BCUT2D eigenvalue weighted by Gasteiger charge is 2.36. The Morgan fingerprint density at radius 2 is 1.39 bits per heavy atom. The molecule has 0 bridgehead atoms. The average Bonchev–Trinajstić information content (AvgIpc) is 2.68. The molecule has 28 heavy (non-hydrogen) atoms. The van der Waals surface area contributed by atoms with Crippen LogP contribution in [0, 0.1) is 0 Å². The van der Waals surface area contributed by atoms with E-state index in [1.54, 1.807) is 48.5 Å². The number of nitrogens with one attached hydrogen (secondary N) is 1. The van der Waals surface area contributed by atoms with Crippen molar-refractivity contribution in [2.24, 2.45) is 0 Å². The van der Waals surface area contributed by atoms with Gasteiger partial charge < -0.3 is 9.47 Å². The second kappa shape index (κ2) is 8.39. The van der Waals surface area contributed by atoms with Crippen molar-refractivity contribution in [2.75, 3.05) is 18.1 Å². The Hall–Kier alpha value is -3.61. The molecule has 1 aliphatic rings. The number of barbiturate groups is 1. The van der Waals surface area contributed by atoms with Gasteiger partial charge in [-0.05, 0) is 61.9 Å². The number of imide groups is 2. The first kappa shape index (κ1) is 19.2. The molecular formula is C21H20N2O5. The Kier molecular flexibility index (Phi) is 5.74. The number of rotatable bonds is 6. The number of carbonyl (C=O) groups is 3. The second-order valence-corrected chi connectivity index (χ2v) is 5.89. The minimum absolute atomic E-state index is 0.127. The lowest BCUT2D eigenvalue weighted by Gasteiger charge is -2.26. The molecule has 0 atom stereocenters. The van der Waals surface area contributed by atoms with E-state index < -0.39 is 17.8 Å². The Balaban J connectivity index is 1.89. The fraction of sp³-hybridized carbons (Fsp3) is 0.190. The van der Waals surface area contributed by atoms with Crippen molar-refractivity contribution < 1.29 is 23.9 Å². The molecule has 2 aromatic rings. The summed E-state index contributed by atoms with van der Waals surface area (Å²) >= 11 is 0. The average molecular weight is 380 g/mol. The van der Waals surface area contributed by atoms with Crippen LogP contribution in [-0.4, -0.2) is 31.1 Å². The molecule has 0 aromatic heterocycles. The molecular weight excluding hydrogens is 360 g/mol. The van der Waals surface area contributed by atoms with Crippen molar-refractivity contribution >= 4 is 29.6 Å². The minimum Gasteiger partial charge on any atom is -0.494 e. The summed E-state index contributed by atoms with van der Waals surface area (Å²) in [6, 6.07) is 12.7. The van der Waals surface area contributed by atoms with Crippen LogP contribution in [0.2, 0.25) is 0 Å². The Morgan fingerprint density at radius 3 is 1.93 bits per heavy atom. The van der Waals surface area contributed by atoms with Gasteiger partial charge in [-0.25, -0.2) is 9.69 Å². The Morgan fingerprint density at radius 1 is 0.857 bits per heavy atom. The smallest absolute Gasteiger partial charge is 0.335 e. The summed E-state index contributed by atoms with van der Waals surface area (Å²) in [4.78, 5) is 38.2. The Labute approximate surface area is 162 Å². The van der Waals surface area contributed by atoms with Gasteiger partial charge >= 0.3 is 6.03 Å². The topological polar surface area (TPSA) is 84.9 Å². The van der Waals surface area contributed by atoms with E-state index in [0.29, 0.717) is 36.0 Å². The maximum Gasteiger partial charge on any atom is 0.335 e. The number of urea groups is 1. The number of hydrogen-bond acceptors (Lipinski definition) is 5.